The van der Waals surface area contributed by atoms with Gasteiger partial charge in [-0.3, -0.25) is 14.8 Å². The number of anilines is 1. The molecule has 0 fully saturated rings. The van der Waals surface area contributed by atoms with Crippen LogP contribution < -0.4 is 5.32 Å². The zero-order chi connectivity index (χ0) is 21.9. The third-order valence-electron chi connectivity index (χ3n) is 4.99. The van der Waals surface area contributed by atoms with E-state index >= 15 is 0 Å². The lowest BCUT2D eigenvalue weighted by atomic mass is 9.90. The molecule has 30 heavy (non-hydrogen) atoms. The molecule has 1 aliphatic rings. The van der Waals surface area contributed by atoms with E-state index in [4.69, 9.17) is 11.6 Å². The Morgan fingerprint density at radius 2 is 2.10 bits per heavy atom. The Bertz CT molecular complexity index is 1110. The second kappa shape index (κ2) is 8.64. The summed E-state index contributed by atoms with van der Waals surface area (Å²) in [6.45, 7) is 9.98. The molecule has 1 amide bonds. The Labute approximate surface area is 181 Å². The van der Waals surface area contributed by atoms with Crippen molar-refractivity contribution in [1.82, 2.24) is 4.98 Å². The zero-order valence-corrected chi connectivity index (χ0v) is 18.0. The number of aromatic nitrogens is 1. The molecule has 2 heterocycles. The molecule has 1 aromatic carbocycles. The Balaban J connectivity index is 1.89. The van der Waals surface area contributed by atoms with Crippen molar-refractivity contribution in [3.8, 4) is 6.07 Å². The van der Waals surface area contributed by atoms with Crippen LogP contribution in [0, 0.1) is 18.3 Å². The number of aliphatic imine (C=N–C) groups is 1. The molecule has 0 saturated heterocycles. The number of rotatable bonds is 4. The summed E-state index contributed by atoms with van der Waals surface area (Å²) in [7, 11) is 0. The van der Waals surface area contributed by atoms with Crippen molar-refractivity contribution >= 4 is 35.0 Å². The number of hydrogen-bond acceptors (Lipinski definition) is 4. The Morgan fingerprint density at radius 1 is 1.33 bits per heavy atom. The fourth-order valence-corrected chi connectivity index (χ4v) is 3.22. The standard InChI is InChI=1S/C24H23ClN4O/c1-15-5-6-19(11-20(15)18-9-21(25)16(2)12-27-13-18)29-23(30)17-7-8-28-22(10-17)24(3,4)14-26/h5-11,13,21H,2,12H2,1,3-4H3,(H,29,30). The summed E-state index contributed by atoms with van der Waals surface area (Å²) in [5.41, 5.74) is 4.60. The second-order valence-electron chi connectivity index (χ2n) is 7.80. The number of benzene rings is 1. The number of carbonyl (C=O) groups is 1. The third kappa shape index (κ3) is 4.67. The van der Waals surface area contributed by atoms with Crippen LogP contribution in [-0.2, 0) is 5.41 Å². The highest BCUT2D eigenvalue weighted by Crippen LogP contribution is 2.27. The largest absolute Gasteiger partial charge is 0.322 e. The van der Waals surface area contributed by atoms with Crippen LogP contribution in [-0.4, -0.2) is 29.0 Å². The SMILES string of the molecule is C=C1CN=CC(c2cc(NC(=O)c3ccnc(C(C)(C)C#N)c3)ccc2C)=CC1Cl. The second-order valence-corrected chi connectivity index (χ2v) is 8.27. The predicted octanol–water partition coefficient (Wildman–Crippen LogP) is 5.07. The van der Waals surface area contributed by atoms with Gasteiger partial charge in [0.2, 0.25) is 0 Å². The van der Waals surface area contributed by atoms with Crippen molar-refractivity contribution in [3.05, 3.63) is 77.1 Å². The number of nitrogens with zero attached hydrogens (tertiary/aromatic N) is 3. The normalized spacial score (nSPS) is 16.4. The number of allylic oxidation sites excluding steroid dienone is 2. The first kappa shape index (κ1) is 21.5. The van der Waals surface area contributed by atoms with Crippen molar-refractivity contribution in [3.63, 3.8) is 0 Å². The van der Waals surface area contributed by atoms with Gasteiger partial charge >= 0.3 is 0 Å². The third-order valence-corrected chi connectivity index (χ3v) is 5.42. The highest BCUT2D eigenvalue weighted by atomic mass is 35.5. The van der Waals surface area contributed by atoms with Gasteiger partial charge in [0.15, 0.2) is 0 Å². The van der Waals surface area contributed by atoms with Crippen LogP contribution in [0.3, 0.4) is 0 Å². The molecule has 5 nitrogen and oxygen atoms in total. The molecule has 0 bridgehead atoms. The number of aryl methyl sites for hydroxylation is 1. The van der Waals surface area contributed by atoms with Crippen molar-refractivity contribution in [2.75, 3.05) is 11.9 Å². The van der Waals surface area contributed by atoms with E-state index in [9.17, 15) is 10.1 Å². The van der Waals surface area contributed by atoms with E-state index in [-0.39, 0.29) is 11.3 Å². The lowest BCUT2D eigenvalue weighted by molar-refractivity contribution is 0.102. The fraction of sp³-hybridized carbons (Fsp3) is 0.250. The van der Waals surface area contributed by atoms with E-state index in [1.54, 1.807) is 38.4 Å². The number of pyridine rings is 1. The summed E-state index contributed by atoms with van der Waals surface area (Å²) < 4.78 is 0. The maximum atomic E-state index is 12.8. The zero-order valence-electron chi connectivity index (χ0n) is 17.2. The average molecular weight is 419 g/mol. The van der Waals surface area contributed by atoms with E-state index in [1.807, 2.05) is 31.2 Å². The highest BCUT2D eigenvalue weighted by molar-refractivity contribution is 6.26. The van der Waals surface area contributed by atoms with Gasteiger partial charge in [-0.25, -0.2) is 0 Å². The Hall–Kier alpha value is -3.23. The van der Waals surface area contributed by atoms with Gasteiger partial charge < -0.3 is 5.32 Å². The van der Waals surface area contributed by atoms with Crippen molar-refractivity contribution in [2.24, 2.45) is 4.99 Å². The average Bonchev–Trinajstić information content (AvgIpc) is 2.90. The molecular formula is C24H23ClN4O. The van der Waals surface area contributed by atoms with Crippen LogP contribution >= 0.6 is 11.6 Å². The number of halogens is 1. The molecule has 1 aliphatic heterocycles. The molecule has 1 unspecified atom stereocenters. The highest BCUT2D eigenvalue weighted by Gasteiger charge is 2.22. The van der Waals surface area contributed by atoms with Gasteiger partial charge in [-0.15, -0.1) is 11.6 Å². The van der Waals surface area contributed by atoms with E-state index < -0.39 is 5.41 Å². The fourth-order valence-electron chi connectivity index (χ4n) is 3.01. The Kier molecular flexibility index (Phi) is 6.19. The summed E-state index contributed by atoms with van der Waals surface area (Å²) in [6.07, 6.45) is 5.26. The van der Waals surface area contributed by atoms with E-state index in [0.717, 1.165) is 22.3 Å². The van der Waals surface area contributed by atoms with Gasteiger partial charge in [-0.1, -0.05) is 18.7 Å². The lowest BCUT2D eigenvalue weighted by Gasteiger charge is -2.15. The summed E-state index contributed by atoms with van der Waals surface area (Å²) in [6, 6.07) is 11.2. The molecular weight excluding hydrogens is 396 g/mol. The first-order valence-corrected chi connectivity index (χ1v) is 9.98. The number of amides is 1. The molecule has 0 saturated carbocycles. The number of alkyl halides is 1. The van der Waals surface area contributed by atoms with Crippen molar-refractivity contribution < 1.29 is 4.79 Å². The first-order chi connectivity index (χ1) is 14.2. The van der Waals surface area contributed by atoms with Crippen LogP contribution in [0.2, 0.25) is 0 Å². The molecule has 2 aromatic rings. The van der Waals surface area contributed by atoms with E-state index in [0.29, 0.717) is 23.5 Å². The summed E-state index contributed by atoms with van der Waals surface area (Å²) in [5.74, 6) is -0.269. The van der Waals surface area contributed by atoms with Gasteiger partial charge in [0, 0.05) is 23.7 Å². The smallest absolute Gasteiger partial charge is 0.255 e. The molecule has 0 aliphatic carbocycles. The molecule has 0 radical (unpaired) electrons. The van der Waals surface area contributed by atoms with Gasteiger partial charge in [0.25, 0.3) is 5.91 Å². The number of hydrogen-bond donors (Lipinski definition) is 1. The van der Waals surface area contributed by atoms with Gasteiger partial charge in [-0.05, 0) is 67.3 Å². The first-order valence-electron chi connectivity index (χ1n) is 9.55. The van der Waals surface area contributed by atoms with Crippen molar-refractivity contribution in [2.45, 2.75) is 31.6 Å². The number of carbonyl (C=O) groups excluding carboxylic acids is 1. The maximum absolute atomic E-state index is 12.8. The number of nitrogens with one attached hydrogen (secondary N) is 1. The minimum atomic E-state index is -0.777. The number of nitriles is 1. The lowest BCUT2D eigenvalue weighted by Crippen LogP contribution is -2.18. The monoisotopic (exact) mass is 418 g/mol. The molecule has 1 aromatic heterocycles. The van der Waals surface area contributed by atoms with Crippen LogP contribution in [0.1, 0.15) is 41.0 Å². The quantitative estimate of drug-likeness (QED) is 0.555. The molecule has 6 heteroatoms. The molecule has 1 N–H and O–H groups in total. The van der Waals surface area contributed by atoms with Gasteiger partial charge in [0.05, 0.1) is 29.1 Å². The van der Waals surface area contributed by atoms with Crippen LogP contribution in [0.25, 0.3) is 5.57 Å². The van der Waals surface area contributed by atoms with Crippen LogP contribution in [0.4, 0.5) is 5.69 Å². The summed E-state index contributed by atoms with van der Waals surface area (Å²) >= 11 is 6.38. The molecule has 152 valence electrons. The minimum absolute atomic E-state index is 0.269. The van der Waals surface area contributed by atoms with Crippen LogP contribution in [0.5, 0.6) is 0 Å². The predicted molar refractivity (Wildman–Crippen MR) is 122 cm³/mol. The maximum Gasteiger partial charge on any atom is 0.255 e. The van der Waals surface area contributed by atoms with Gasteiger partial charge in [0.1, 0.15) is 0 Å². The summed E-state index contributed by atoms with van der Waals surface area (Å²) in [4.78, 5) is 21.4. The minimum Gasteiger partial charge on any atom is -0.322 e. The summed E-state index contributed by atoms with van der Waals surface area (Å²) in [5, 5.41) is 12.0. The van der Waals surface area contributed by atoms with Gasteiger partial charge in [-0.2, -0.15) is 5.26 Å². The van der Waals surface area contributed by atoms with Crippen molar-refractivity contribution in [1.29, 1.82) is 5.26 Å². The van der Waals surface area contributed by atoms with Crippen LogP contribution in [0.15, 0.2) is 59.7 Å². The molecule has 0 spiro atoms. The molecule has 1 atom stereocenters. The molecule has 3 rings (SSSR count). The Morgan fingerprint density at radius 3 is 2.83 bits per heavy atom. The van der Waals surface area contributed by atoms with E-state index in [2.05, 4.69) is 27.9 Å². The topological polar surface area (TPSA) is 78.1 Å². The van der Waals surface area contributed by atoms with E-state index in [1.165, 1.54) is 0 Å².